The lowest BCUT2D eigenvalue weighted by Crippen LogP contribution is -2.27. The minimum Gasteiger partial charge on any atom is -0.358 e. The number of aromatic nitrogens is 4. The van der Waals surface area contributed by atoms with Gasteiger partial charge in [0.2, 0.25) is 11.2 Å². The van der Waals surface area contributed by atoms with Crippen LogP contribution in [-0.2, 0) is 0 Å². The number of nitrogens with zero attached hydrogens (tertiary/aromatic N) is 10. The van der Waals surface area contributed by atoms with Gasteiger partial charge in [-0.15, -0.1) is 9.98 Å². The number of hydrogen-bond acceptors (Lipinski definition) is 9. The number of hydrogen-bond donors (Lipinski definition) is 2. The predicted molar refractivity (Wildman–Crippen MR) is 104 cm³/mol. The van der Waals surface area contributed by atoms with Crippen LogP contribution in [-0.4, -0.2) is 38.2 Å². The molecule has 4 rings (SSSR count). The van der Waals surface area contributed by atoms with Crippen LogP contribution in [0.5, 0.6) is 0 Å². The maximum atomic E-state index is 9.35. The average Bonchev–Trinajstić information content (AvgIpc) is 2.81. The standard InChI is InChI=1S/C18H4N12/c1-22-16-9(6-21)27-12-10-11(26-8(5-20)7(4-19)25-10)14-15(13(12)28-16)30-18(24-3)17(23-2)29-14/h5,17,20,29H. The fourth-order valence-corrected chi connectivity index (χ4v) is 2.91. The van der Waals surface area contributed by atoms with Gasteiger partial charge in [0.15, 0.2) is 11.4 Å². The molecule has 1 aliphatic heterocycles. The molecule has 1 aliphatic rings. The molecule has 2 aromatic heterocycles. The molecule has 0 fully saturated rings. The molecule has 0 saturated heterocycles. The molecule has 3 heterocycles. The first-order chi connectivity index (χ1) is 14.6. The molecule has 30 heavy (non-hydrogen) atoms. The van der Waals surface area contributed by atoms with Gasteiger partial charge in [-0.2, -0.15) is 10.5 Å². The number of benzene rings is 1. The van der Waals surface area contributed by atoms with Gasteiger partial charge in [-0.05, 0) is 0 Å². The Labute approximate surface area is 167 Å². The zero-order valence-corrected chi connectivity index (χ0v) is 14.6. The zero-order chi connectivity index (χ0) is 21.4. The van der Waals surface area contributed by atoms with Crippen molar-refractivity contribution in [3.05, 3.63) is 51.3 Å². The van der Waals surface area contributed by atoms with Crippen LogP contribution >= 0.6 is 0 Å². The Morgan fingerprint density at radius 2 is 1.63 bits per heavy atom. The summed E-state index contributed by atoms with van der Waals surface area (Å²) in [6, 6.07) is 3.64. The number of aliphatic imine (C=N–C) groups is 1. The van der Waals surface area contributed by atoms with Gasteiger partial charge in [-0.1, -0.05) is 13.1 Å². The highest BCUT2D eigenvalue weighted by Gasteiger charge is 2.36. The molecule has 3 aromatic rings. The van der Waals surface area contributed by atoms with Gasteiger partial charge < -0.3 is 20.4 Å². The lowest BCUT2D eigenvalue weighted by atomic mass is 10.1. The Bertz CT molecular complexity index is 1550. The van der Waals surface area contributed by atoms with Crippen molar-refractivity contribution in [3.8, 4) is 12.1 Å². The predicted octanol–water partition coefficient (Wildman–Crippen LogP) is 2.49. The number of rotatable bonds is 1. The Morgan fingerprint density at radius 1 is 0.933 bits per heavy atom. The van der Waals surface area contributed by atoms with Crippen molar-refractivity contribution in [2.24, 2.45) is 4.99 Å². The van der Waals surface area contributed by atoms with Crippen molar-refractivity contribution < 1.29 is 0 Å². The van der Waals surface area contributed by atoms with Gasteiger partial charge in [0.25, 0.3) is 0 Å². The van der Waals surface area contributed by atoms with Gasteiger partial charge >= 0.3 is 17.8 Å². The normalized spacial score (nSPS) is 14.1. The molecule has 2 N–H and O–H groups in total. The maximum absolute atomic E-state index is 9.35. The summed E-state index contributed by atoms with van der Waals surface area (Å²) in [5, 5.41) is 29.0. The molecule has 0 amide bonds. The number of amidine groups is 1. The first-order valence-corrected chi connectivity index (χ1v) is 7.96. The minimum atomic E-state index is -1.08. The van der Waals surface area contributed by atoms with E-state index in [-0.39, 0.29) is 62.2 Å². The van der Waals surface area contributed by atoms with Crippen molar-refractivity contribution in [2.45, 2.75) is 6.17 Å². The third-order valence-corrected chi connectivity index (χ3v) is 4.17. The van der Waals surface area contributed by atoms with Crippen LogP contribution in [0.25, 0.3) is 36.6 Å². The minimum absolute atomic E-state index is 0.0149. The Kier molecular flexibility index (Phi) is 3.92. The number of nitrogens with one attached hydrogen (secondary N) is 2. The highest BCUT2D eigenvalue weighted by Crippen LogP contribution is 2.43. The van der Waals surface area contributed by atoms with Gasteiger partial charge in [0, 0.05) is 6.21 Å². The summed E-state index contributed by atoms with van der Waals surface area (Å²) in [4.78, 5) is 30.9. The van der Waals surface area contributed by atoms with E-state index in [1.54, 1.807) is 6.07 Å². The van der Waals surface area contributed by atoms with Crippen molar-refractivity contribution >= 4 is 51.3 Å². The molecule has 1 atom stereocenters. The van der Waals surface area contributed by atoms with Gasteiger partial charge in [-0.3, -0.25) is 4.85 Å². The quantitative estimate of drug-likeness (QED) is 0.368. The largest absolute Gasteiger partial charge is 0.358 e. The first-order valence-electron chi connectivity index (χ1n) is 7.96. The van der Waals surface area contributed by atoms with Crippen LogP contribution in [0.2, 0.25) is 0 Å². The van der Waals surface area contributed by atoms with Gasteiger partial charge in [0.05, 0.1) is 0 Å². The number of fused-ring (bicyclic) bond motifs is 6. The lowest BCUT2D eigenvalue weighted by molar-refractivity contribution is 1.12. The summed E-state index contributed by atoms with van der Waals surface area (Å²) in [6.45, 7) is 21.9. The number of nitriles is 2. The van der Waals surface area contributed by atoms with Gasteiger partial charge in [0.1, 0.15) is 40.1 Å². The molecule has 12 heteroatoms. The molecular weight excluding hydrogens is 384 g/mol. The highest BCUT2D eigenvalue weighted by atomic mass is 15.2. The second-order valence-corrected chi connectivity index (χ2v) is 5.71. The first kappa shape index (κ1) is 17.9. The smallest absolute Gasteiger partial charge is 0.353 e. The molecule has 0 radical (unpaired) electrons. The zero-order valence-electron chi connectivity index (χ0n) is 14.6. The van der Waals surface area contributed by atoms with E-state index < -0.39 is 6.17 Å². The molecule has 0 bridgehead atoms. The molecule has 0 aliphatic carbocycles. The van der Waals surface area contributed by atoms with Gasteiger partial charge in [-0.25, -0.2) is 21.5 Å². The lowest BCUT2D eigenvalue weighted by Gasteiger charge is -2.16. The van der Waals surface area contributed by atoms with Crippen LogP contribution in [0.4, 0.5) is 17.2 Å². The summed E-state index contributed by atoms with van der Waals surface area (Å²) >= 11 is 0. The molecule has 0 saturated carbocycles. The molecule has 1 unspecified atom stereocenters. The second kappa shape index (κ2) is 6.58. The van der Waals surface area contributed by atoms with Crippen molar-refractivity contribution in [1.82, 2.24) is 19.9 Å². The van der Waals surface area contributed by atoms with E-state index in [9.17, 15) is 10.5 Å². The summed E-state index contributed by atoms with van der Waals surface area (Å²) in [5.41, 5.74) is 0.280. The summed E-state index contributed by atoms with van der Waals surface area (Å²) in [6.07, 6.45) is -0.220. The molecular formula is C18H4N12. The molecule has 0 spiro atoms. The Morgan fingerprint density at radius 3 is 2.23 bits per heavy atom. The van der Waals surface area contributed by atoms with Crippen LogP contribution < -0.4 is 5.32 Å². The van der Waals surface area contributed by atoms with Crippen molar-refractivity contribution in [3.63, 3.8) is 0 Å². The van der Waals surface area contributed by atoms with Crippen LogP contribution in [0.3, 0.4) is 0 Å². The van der Waals surface area contributed by atoms with Crippen LogP contribution in [0, 0.1) is 47.8 Å². The van der Waals surface area contributed by atoms with E-state index in [1.807, 2.05) is 6.07 Å². The van der Waals surface area contributed by atoms with Crippen molar-refractivity contribution in [2.75, 3.05) is 5.32 Å². The van der Waals surface area contributed by atoms with E-state index in [0.29, 0.717) is 0 Å². The number of anilines is 1. The maximum Gasteiger partial charge on any atom is 0.353 e. The van der Waals surface area contributed by atoms with E-state index in [2.05, 4.69) is 44.8 Å². The van der Waals surface area contributed by atoms with E-state index in [1.165, 1.54) is 0 Å². The fourth-order valence-electron chi connectivity index (χ4n) is 2.91. The molecule has 12 nitrogen and oxygen atoms in total. The Hall–Kier alpha value is -5.51. The summed E-state index contributed by atoms with van der Waals surface area (Å²) < 4.78 is 0. The van der Waals surface area contributed by atoms with Crippen LogP contribution in [0.1, 0.15) is 17.1 Å². The van der Waals surface area contributed by atoms with Crippen LogP contribution in [0.15, 0.2) is 4.99 Å². The second-order valence-electron chi connectivity index (χ2n) is 5.71. The summed E-state index contributed by atoms with van der Waals surface area (Å²) in [7, 11) is 0. The van der Waals surface area contributed by atoms with Crippen molar-refractivity contribution in [1.29, 1.82) is 15.9 Å². The third kappa shape index (κ3) is 2.35. The topological polar surface area (TPSA) is 160 Å². The van der Waals surface area contributed by atoms with E-state index in [4.69, 9.17) is 25.1 Å². The fraction of sp³-hybridized carbons (Fsp3) is 0.0556. The van der Waals surface area contributed by atoms with E-state index in [0.717, 1.165) is 6.21 Å². The SMILES string of the molecule is [C-]#[N+]C1=Nc2c(c3nc(C=N)c(C#N)nc3c3nc(C#N)c([N+]#[C-])nc23)NC1[N+]#[C-]. The summed E-state index contributed by atoms with van der Waals surface area (Å²) in [5.74, 6) is -0.398. The average molecular weight is 388 g/mol. The molecule has 136 valence electrons. The third-order valence-electron chi connectivity index (χ3n) is 4.17. The highest BCUT2D eigenvalue weighted by molar-refractivity contribution is 6.18. The Balaban J connectivity index is 2.31. The monoisotopic (exact) mass is 388 g/mol. The molecule has 1 aromatic carbocycles. The van der Waals surface area contributed by atoms with E-state index >= 15 is 0 Å².